The topological polar surface area (TPSA) is 152 Å². The quantitative estimate of drug-likeness (QED) is 0.411. The zero-order chi connectivity index (χ0) is 6.85. The average Bonchev–Trinajstić information content (AvgIpc) is 1.59. The van der Waals surface area contributed by atoms with Gasteiger partial charge in [0.25, 0.3) is 0 Å². The standard InChI is InChI=1S/C3H6N6.Co.H3N/c4-1-7-2(5)9-3(6)8-1;;/h(H6,4,5,6,7,8,9);;1H3. The van der Waals surface area contributed by atoms with Gasteiger partial charge in [0.2, 0.25) is 17.8 Å². The van der Waals surface area contributed by atoms with Crippen LogP contribution in [0, 0.1) is 0 Å². The van der Waals surface area contributed by atoms with Crippen molar-refractivity contribution < 1.29 is 16.8 Å². The summed E-state index contributed by atoms with van der Waals surface area (Å²) in [5.41, 5.74) is 15.4. The Morgan fingerprint density at radius 1 is 0.727 bits per heavy atom. The Bertz CT molecular complexity index is 174. The van der Waals surface area contributed by atoms with Crippen LogP contribution in [0.25, 0.3) is 0 Å². The van der Waals surface area contributed by atoms with E-state index in [1.54, 1.807) is 0 Å². The molecule has 11 heavy (non-hydrogen) atoms. The Morgan fingerprint density at radius 3 is 1.09 bits per heavy atom. The molecular formula is C3H9CoN7. The van der Waals surface area contributed by atoms with Gasteiger partial charge in [-0.25, -0.2) is 0 Å². The summed E-state index contributed by atoms with van der Waals surface area (Å²) in [4.78, 5) is 10.5. The molecule has 0 bridgehead atoms. The molecule has 0 saturated carbocycles. The molecule has 9 N–H and O–H groups in total. The van der Waals surface area contributed by atoms with Crippen molar-refractivity contribution in [3.05, 3.63) is 0 Å². The third-order valence-electron chi connectivity index (χ3n) is 0.687. The molecule has 0 aliphatic carbocycles. The van der Waals surface area contributed by atoms with Crippen LogP contribution < -0.4 is 23.4 Å². The summed E-state index contributed by atoms with van der Waals surface area (Å²) in [5, 5.41) is 0. The second-order valence-corrected chi connectivity index (χ2v) is 1.41. The molecule has 0 aliphatic heterocycles. The van der Waals surface area contributed by atoms with Gasteiger partial charge < -0.3 is 23.4 Å². The number of nitrogens with two attached hydrogens (primary N) is 3. The summed E-state index contributed by atoms with van der Waals surface area (Å²) >= 11 is 0. The first kappa shape index (κ1) is 12.5. The number of nitrogen functional groups attached to an aromatic ring is 3. The fraction of sp³-hybridized carbons (Fsp3) is 0. The molecule has 0 aromatic carbocycles. The van der Waals surface area contributed by atoms with Crippen LogP contribution in [-0.4, -0.2) is 15.0 Å². The van der Waals surface area contributed by atoms with Gasteiger partial charge in [-0.3, -0.25) is 0 Å². The second kappa shape index (κ2) is 4.66. The van der Waals surface area contributed by atoms with Gasteiger partial charge >= 0.3 is 0 Å². The van der Waals surface area contributed by atoms with Crippen LogP contribution in [0.5, 0.6) is 0 Å². The number of aromatic nitrogens is 3. The Hall–Kier alpha value is -1.12. The zero-order valence-electron chi connectivity index (χ0n) is 5.61. The molecule has 1 aromatic heterocycles. The SMILES string of the molecule is N.Nc1nc(N)nc(N)n1.[Co]. The Labute approximate surface area is 73.6 Å². The summed E-state index contributed by atoms with van der Waals surface area (Å²) in [7, 11) is 0. The molecule has 0 aliphatic rings. The van der Waals surface area contributed by atoms with Crippen molar-refractivity contribution in [3.8, 4) is 0 Å². The fourth-order valence-corrected chi connectivity index (χ4v) is 0.427. The summed E-state index contributed by atoms with van der Waals surface area (Å²) in [5.74, 6) is 0.125. The minimum Gasteiger partial charge on any atom is -0.368 e. The molecule has 1 radical (unpaired) electrons. The van der Waals surface area contributed by atoms with E-state index in [1.165, 1.54) is 0 Å². The molecule has 0 amide bonds. The molecular weight excluding hydrogens is 193 g/mol. The van der Waals surface area contributed by atoms with Gasteiger partial charge in [-0.1, -0.05) is 0 Å². The largest absolute Gasteiger partial charge is 0.368 e. The number of nitrogens with zero attached hydrogens (tertiary/aromatic N) is 3. The van der Waals surface area contributed by atoms with Crippen molar-refractivity contribution in [2.75, 3.05) is 17.2 Å². The second-order valence-electron chi connectivity index (χ2n) is 1.41. The van der Waals surface area contributed by atoms with E-state index >= 15 is 0 Å². The molecule has 0 fully saturated rings. The minimum atomic E-state index is 0. The van der Waals surface area contributed by atoms with Crippen LogP contribution in [0.2, 0.25) is 0 Å². The van der Waals surface area contributed by atoms with Gasteiger partial charge in [0.1, 0.15) is 0 Å². The molecule has 8 heteroatoms. The molecule has 65 valence electrons. The number of anilines is 3. The predicted molar refractivity (Wildman–Crippen MR) is 38.1 cm³/mol. The van der Waals surface area contributed by atoms with Gasteiger partial charge in [-0.15, -0.1) is 0 Å². The maximum atomic E-state index is 5.14. The van der Waals surface area contributed by atoms with E-state index in [-0.39, 0.29) is 40.8 Å². The van der Waals surface area contributed by atoms with Crippen LogP contribution in [-0.2, 0) is 16.8 Å². The summed E-state index contributed by atoms with van der Waals surface area (Å²) < 4.78 is 0. The normalized spacial score (nSPS) is 7.64. The summed E-state index contributed by atoms with van der Waals surface area (Å²) in [6.07, 6.45) is 0. The van der Waals surface area contributed by atoms with Crippen LogP contribution in [0.1, 0.15) is 0 Å². The summed E-state index contributed by atoms with van der Waals surface area (Å²) in [6, 6.07) is 0. The Balaban J connectivity index is 0. The first-order chi connectivity index (χ1) is 4.18. The van der Waals surface area contributed by atoms with Crippen molar-refractivity contribution in [2.24, 2.45) is 0 Å². The fourth-order valence-electron chi connectivity index (χ4n) is 0.427. The van der Waals surface area contributed by atoms with Crippen LogP contribution in [0.15, 0.2) is 0 Å². The van der Waals surface area contributed by atoms with Gasteiger partial charge in [0.15, 0.2) is 0 Å². The molecule has 0 saturated heterocycles. The van der Waals surface area contributed by atoms with Crippen molar-refractivity contribution in [2.45, 2.75) is 0 Å². The van der Waals surface area contributed by atoms with Gasteiger partial charge in [0, 0.05) is 16.8 Å². The van der Waals surface area contributed by atoms with E-state index in [0.717, 1.165) is 0 Å². The summed E-state index contributed by atoms with van der Waals surface area (Å²) in [6.45, 7) is 0. The van der Waals surface area contributed by atoms with Crippen LogP contribution in [0.3, 0.4) is 0 Å². The first-order valence-electron chi connectivity index (χ1n) is 2.21. The monoisotopic (exact) mass is 202 g/mol. The smallest absolute Gasteiger partial charge is 0.226 e. The Kier molecular flexibility index (Phi) is 5.31. The number of hydrogen-bond acceptors (Lipinski definition) is 7. The zero-order valence-corrected chi connectivity index (χ0v) is 6.66. The average molecular weight is 202 g/mol. The van der Waals surface area contributed by atoms with Crippen molar-refractivity contribution in [3.63, 3.8) is 0 Å². The van der Waals surface area contributed by atoms with Crippen LogP contribution >= 0.6 is 0 Å². The molecule has 0 spiro atoms. The predicted octanol–water partition coefficient (Wildman–Crippen LogP) is -1.22. The number of hydrogen-bond donors (Lipinski definition) is 4. The van der Waals surface area contributed by atoms with Gasteiger partial charge in [-0.2, -0.15) is 15.0 Å². The maximum absolute atomic E-state index is 5.14. The third kappa shape index (κ3) is 3.55. The van der Waals surface area contributed by atoms with Crippen molar-refractivity contribution >= 4 is 17.8 Å². The molecule has 7 nitrogen and oxygen atoms in total. The van der Waals surface area contributed by atoms with Gasteiger partial charge in [0.05, 0.1) is 0 Å². The van der Waals surface area contributed by atoms with Crippen molar-refractivity contribution in [1.29, 1.82) is 0 Å². The number of rotatable bonds is 0. The molecule has 1 aromatic rings. The minimum absolute atomic E-state index is 0. The molecule has 1 rings (SSSR count). The molecule has 0 unspecified atom stereocenters. The first-order valence-corrected chi connectivity index (χ1v) is 2.21. The van der Waals surface area contributed by atoms with E-state index in [4.69, 9.17) is 17.2 Å². The van der Waals surface area contributed by atoms with E-state index < -0.39 is 0 Å². The van der Waals surface area contributed by atoms with Gasteiger partial charge in [-0.05, 0) is 0 Å². The van der Waals surface area contributed by atoms with E-state index in [9.17, 15) is 0 Å². The molecule has 1 heterocycles. The van der Waals surface area contributed by atoms with Crippen LogP contribution in [0.4, 0.5) is 17.8 Å². The Morgan fingerprint density at radius 2 is 0.909 bits per heavy atom. The van der Waals surface area contributed by atoms with E-state index in [1.807, 2.05) is 0 Å². The van der Waals surface area contributed by atoms with E-state index in [0.29, 0.717) is 0 Å². The third-order valence-corrected chi connectivity index (χ3v) is 0.687. The van der Waals surface area contributed by atoms with E-state index in [2.05, 4.69) is 15.0 Å². The molecule has 0 atom stereocenters. The maximum Gasteiger partial charge on any atom is 0.226 e. The van der Waals surface area contributed by atoms with Crippen molar-refractivity contribution in [1.82, 2.24) is 21.1 Å².